The number of hydrogen-bond acceptors (Lipinski definition) is 6. The first kappa shape index (κ1) is 31.7. The Bertz CT molecular complexity index is 979. The Morgan fingerprint density at radius 2 is 1.42 bits per heavy atom. The maximum absolute atomic E-state index is 13.2. The summed E-state index contributed by atoms with van der Waals surface area (Å²) >= 11 is 1.59. The van der Waals surface area contributed by atoms with E-state index in [0.717, 1.165) is 5.41 Å². The van der Waals surface area contributed by atoms with Crippen LogP contribution in [-0.2, 0) is 24.2 Å². The second kappa shape index (κ2) is 15.7. The first-order chi connectivity index (χ1) is 16.9. The highest BCUT2D eigenvalue weighted by Gasteiger charge is 2.28. The Morgan fingerprint density at radius 3 is 1.92 bits per heavy atom. The third-order valence-corrected chi connectivity index (χ3v) is 7.35. The second-order valence-corrected chi connectivity index (χ2v) is 12.5. The average Bonchev–Trinajstić information content (AvgIpc) is 2.79. The fourth-order valence-electron chi connectivity index (χ4n) is 3.56. The molecule has 0 aliphatic carbocycles. The van der Waals surface area contributed by atoms with Crippen molar-refractivity contribution in [2.24, 2.45) is 11.8 Å². The summed E-state index contributed by atoms with van der Waals surface area (Å²) in [6.45, 7) is 9.15. The molecule has 0 bridgehead atoms. The van der Waals surface area contributed by atoms with Gasteiger partial charge in [0.2, 0.25) is 17.7 Å². The van der Waals surface area contributed by atoms with E-state index in [-0.39, 0.29) is 22.6 Å². The molecule has 1 unspecified atom stereocenters. The van der Waals surface area contributed by atoms with Gasteiger partial charge in [-0.2, -0.15) is 11.8 Å². The summed E-state index contributed by atoms with van der Waals surface area (Å²) in [5, 5.41) is 9.50. The summed E-state index contributed by atoms with van der Waals surface area (Å²) < 4.78 is 25.4. The number of amides is 3. The molecule has 0 fully saturated rings. The molecule has 0 saturated carbocycles. The summed E-state index contributed by atoms with van der Waals surface area (Å²) in [6, 6.07) is 5.99. The van der Waals surface area contributed by atoms with Gasteiger partial charge in [-0.3, -0.25) is 14.4 Å². The number of carbonyl (C=O) groups is 3. The molecule has 0 heterocycles. The van der Waals surface area contributed by atoms with Crippen LogP contribution in [0.2, 0.25) is 0 Å². The van der Waals surface area contributed by atoms with Crippen molar-refractivity contribution >= 4 is 39.3 Å². The molecular weight excluding hydrogens is 498 g/mol. The normalized spacial score (nSPS) is 14.4. The van der Waals surface area contributed by atoms with Crippen molar-refractivity contribution in [3.05, 3.63) is 41.8 Å². The van der Waals surface area contributed by atoms with Crippen LogP contribution in [0.15, 0.2) is 46.7 Å². The lowest BCUT2D eigenvalue weighted by atomic mass is 9.99. The van der Waals surface area contributed by atoms with E-state index in [1.165, 1.54) is 25.1 Å². The topological polar surface area (TPSA) is 121 Å². The molecule has 3 atom stereocenters. The fourth-order valence-corrected chi connectivity index (χ4v) is 5.13. The number of hydrogen-bond donors (Lipinski definition) is 3. The van der Waals surface area contributed by atoms with E-state index < -0.39 is 39.8 Å². The van der Waals surface area contributed by atoms with Gasteiger partial charge >= 0.3 is 0 Å². The SMILES string of the molecule is CSCCC(C=CS(=O)(=O)c1ccccc1)NC(=O)[C@H](CC(C)C)NC(=O)[C@H](CC(C)C)NC(C)=O. The van der Waals surface area contributed by atoms with Gasteiger partial charge in [-0.05, 0) is 55.2 Å². The molecule has 202 valence electrons. The van der Waals surface area contributed by atoms with Crippen molar-refractivity contribution in [2.45, 2.75) is 76.9 Å². The van der Waals surface area contributed by atoms with Gasteiger partial charge in [-0.1, -0.05) is 52.0 Å². The number of benzene rings is 1. The minimum atomic E-state index is -3.66. The van der Waals surface area contributed by atoms with Crippen molar-refractivity contribution in [3.63, 3.8) is 0 Å². The van der Waals surface area contributed by atoms with Crippen molar-refractivity contribution in [2.75, 3.05) is 12.0 Å². The molecular formula is C26H41N3O5S2. The van der Waals surface area contributed by atoms with Crippen molar-refractivity contribution in [1.29, 1.82) is 0 Å². The highest BCUT2D eigenvalue weighted by atomic mass is 32.2. The van der Waals surface area contributed by atoms with Crippen LogP contribution in [0.25, 0.3) is 0 Å². The molecule has 36 heavy (non-hydrogen) atoms. The van der Waals surface area contributed by atoms with Crippen LogP contribution >= 0.6 is 11.8 Å². The smallest absolute Gasteiger partial charge is 0.243 e. The standard InChI is InChI=1S/C26H41N3O5S2/c1-18(2)16-23(27-20(5)30)26(32)29-24(17-19(3)4)25(31)28-21(12-14-35-6)13-15-36(33,34)22-10-8-7-9-11-22/h7-11,13,15,18-19,21,23-24H,12,14,16-17H2,1-6H3,(H,27,30)(H,28,31)(H,29,32)/t21?,23-,24-/m0/s1. The van der Waals surface area contributed by atoms with Crippen molar-refractivity contribution in [3.8, 4) is 0 Å². The summed E-state index contributed by atoms with van der Waals surface area (Å²) in [6.07, 6.45) is 4.79. The molecule has 3 amide bonds. The average molecular weight is 540 g/mol. The summed E-state index contributed by atoms with van der Waals surface area (Å²) in [5.74, 6) is -0.135. The maximum atomic E-state index is 13.2. The zero-order chi connectivity index (χ0) is 27.3. The van der Waals surface area contributed by atoms with Crippen LogP contribution in [0.3, 0.4) is 0 Å². The van der Waals surface area contributed by atoms with Gasteiger partial charge in [0.05, 0.1) is 4.90 Å². The van der Waals surface area contributed by atoms with Gasteiger partial charge in [-0.25, -0.2) is 8.42 Å². The van der Waals surface area contributed by atoms with Gasteiger partial charge in [0, 0.05) is 18.4 Å². The van der Waals surface area contributed by atoms with Crippen LogP contribution in [0.5, 0.6) is 0 Å². The number of rotatable bonds is 15. The van der Waals surface area contributed by atoms with Crippen molar-refractivity contribution < 1.29 is 22.8 Å². The lowest BCUT2D eigenvalue weighted by Gasteiger charge is -2.26. The molecule has 0 spiro atoms. The molecule has 0 aromatic heterocycles. The molecule has 0 aliphatic heterocycles. The highest BCUT2D eigenvalue weighted by Crippen LogP contribution is 2.14. The minimum Gasteiger partial charge on any atom is -0.348 e. The zero-order valence-electron chi connectivity index (χ0n) is 22.1. The Kier molecular flexibility index (Phi) is 13.8. The molecule has 1 aromatic rings. The summed E-state index contributed by atoms with van der Waals surface area (Å²) in [5.41, 5.74) is 0. The van der Waals surface area contributed by atoms with E-state index in [2.05, 4.69) is 16.0 Å². The Hall–Kier alpha value is -2.33. The van der Waals surface area contributed by atoms with Crippen LogP contribution in [0.4, 0.5) is 0 Å². The predicted octanol–water partition coefficient (Wildman–Crippen LogP) is 3.29. The van der Waals surface area contributed by atoms with Crippen LogP contribution < -0.4 is 16.0 Å². The Morgan fingerprint density at radius 1 is 0.889 bits per heavy atom. The number of nitrogens with one attached hydrogen (secondary N) is 3. The Balaban J connectivity index is 3.07. The molecule has 8 nitrogen and oxygen atoms in total. The molecule has 3 N–H and O–H groups in total. The predicted molar refractivity (Wildman–Crippen MR) is 146 cm³/mol. The molecule has 0 radical (unpaired) electrons. The van der Waals surface area contributed by atoms with E-state index in [9.17, 15) is 22.8 Å². The molecule has 1 aromatic carbocycles. The Labute approximate surface area is 220 Å². The van der Waals surface area contributed by atoms with Gasteiger partial charge in [0.25, 0.3) is 0 Å². The zero-order valence-corrected chi connectivity index (χ0v) is 23.7. The minimum absolute atomic E-state index is 0.115. The van der Waals surface area contributed by atoms with Crippen LogP contribution in [0, 0.1) is 11.8 Å². The number of carbonyl (C=O) groups excluding carboxylic acids is 3. The van der Waals surface area contributed by atoms with E-state index in [1.54, 1.807) is 30.0 Å². The molecule has 1 rings (SSSR count). The highest BCUT2D eigenvalue weighted by molar-refractivity contribution is 7.98. The monoisotopic (exact) mass is 539 g/mol. The van der Waals surface area contributed by atoms with Gasteiger partial charge in [0.15, 0.2) is 9.84 Å². The summed E-state index contributed by atoms with van der Waals surface area (Å²) in [7, 11) is -3.66. The van der Waals surface area contributed by atoms with Crippen molar-refractivity contribution in [1.82, 2.24) is 16.0 Å². The molecule has 10 heteroatoms. The third kappa shape index (κ3) is 12.1. The summed E-state index contributed by atoms with van der Waals surface area (Å²) in [4.78, 5) is 38.0. The van der Waals surface area contributed by atoms with Gasteiger partial charge in [-0.15, -0.1) is 0 Å². The number of thioether (sulfide) groups is 1. The van der Waals surface area contributed by atoms with Gasteiger partial charge in [0.1, 0.15) is 12.1 Å². The first-order valence-corrected chi connectivity index (χ1v) is 15.1. The molecule has 0 saturated heterocycles. The quantitative estimate of drug-likeness (QED) is 0.314. The lowest BCUT2D eigenvalue weighted by molar-refractivity contribution is -0.132. The van der Waals surface area contributed by atoms with E-state index >= 15 is 0 Å². The van der Waals surface area contributed by atoms with Gasteiger partial charge < -0.3 is 16.0 Å². The van der Waals surface area contributed by atoms with E-state index in [1.807, 2.05) is 34.0 Å². The van der Waals surface area contributed by atoms with E-state index in [4.69, 9.17) is 0 Å². The van der Waals surface area contributed by atoms with Crippen LogP contribution in [-0.4, -0.2) is 56.3 Å². The molecule has 0 aliphatic rings. The maximum Gasteiger partial charge on any atom is 0.243 e. The number of sulfone groups is 1. The fraction of sp³-hybridized carbons (Fsp3) is 0.577. The van der Waals surface area contributed by atoms with E-state index in [0.29, 0.717) is 25.0 Å². The lowest BCUT2D eigenvalue weighted by Crippen LogP contribution is -2.55. The third-order valence-electron chi connectivity index (χ3n) is 5.26. The second-order valence-electron chi connectivity index (χ2n) is 9.66. The first-order valence-electron chi connectivity index (χ1n) is 12.2. The van der Waals surface area contributed by atoms with Crippen LogP contribution in [0.1, 0.15) is 53.9 Å². The largest absolute Gasteiger partial charge is 0.348 e.